The average Bonchev–Trinajstić information content (AvgIpc) is 2.38. The number of rotatable bonds is 5. The highest BCUT2D eigenvalue weighted by Crippen LogP contribution is 2.34. The fourth-order valence-corrected chi connectivity index (χ4v) is 3.49. The first-order valence-electron chi connectivity index (χ1n) is 6.17. The predicted molar refractivity (Wildman–Crippen MR) is 91.6 cm³/mol. The molecule has 1 heterocycles. The fraction of sp³-hybridized carbons (Fsp3) is 0.286. The van der Waals surface area contributed by atoms with Crippen LogP contribution in [0.15, 0.2) is 28.7 Å². The van der Waals surface area contributed by atoms with E-state index in [-0.39, 0.29) is 0 Å². The molecule has 0 spiro atoms. The van der Waals surface area contributed by atoms with E-state index in [0.717, 1.165) is 28.0 Å². The summed E-state index contributed by atoms with van der Waals surface area (Å²) in [5.74, 6) is 2.48. The van der Waals surface area contributed by atoms with E-state index >= 15 is 0 Å². The summed E-state index contributed by atoms with van der Waals surface area (Å²) < 4.78 is 0.963. The molecule has 106 valence electrons. The van der Waals surface area contributed by atoms with Gasteiger partial charge in [-0.25, -0.2) is 9.97 Å². The monoisotopic (exact) mass is 390 g/mol. The summed E-state index contributed by atoms with van der Waals surface area (Å²) >= 11 is 17.8. The van der Waals surface area contributed by atoms with Crippen LogP contribution in [0, 0.1) is 0 Å². The zero-order chi connectivity index (χ0) is 14.5. The van der Waals surface area contributed by atoms with E-state index in [1.54, 1.807) is 11.8 Å². The Morgan fingerprint density at radius 3 is 2.50 bits per heavy atom. The van der Waals surface area contributed by atoms with Crippen molar-refractivity contribution in [3.63, 3.8) is 0 Å². The number of aromatic nitrogens is 2. The Bertz CT molecular complexity index is 584. The summed E-state index contributed by atoms with van der Waals surface area (Å²) in [5.41, 5.74) is 1.58. The molecule has 0 aliphatic heterocycles. The second kappa shape index (κ2) is 7.64. The molecule has 0 saturated heterocycles. The van der Waals surface area contributed by atoms with Gasteiger partial charge in [-0.3, -0.25) is 0 Å². The van der Waals surface area contributed by atoms with Gasteiger partial charge in [0.05, 0.1) is 11.3 Å². The van der Waals surface area contributed by atoms with Crippen molar-refractivity contribution in [1.29, 1.82) is 0 Å². The maximum Gasteiger partial charge on any atom is 0.142 e. The van der Waals surface area contributed by atoms with Gasteiger partial charge in [0.2, 0.25) is 0 Å². The van der Waals surface area contributed by atoms with Gasteiger partial charge in [0.1, 0.15) is 16.1 Å². The molecule has 0 radical (unpaired) electrons. The quantitative estimate of drug-likeness (QED) is 0.471. The highest BCUT2D eigenvalue weighted by atomic mass is 79.9. The Balaban J connectivity index is 2.31. The lowest BCUT2D eigenvalue weighted by Gasteiger charge is -2.08. The van der Waals surface area contributed by atoms with Gasteiger partial charge in [0, 0.05) is 4.47 Å². The van der Waals surface area contributed by atoms with Gasteiger partial charge in [0.25, 0.3) is 0 Å². The van der Waals surface area contributed by atoms with Crippen LogP contribution in [-0.2, 0) is 5.75 Å². The standard InChI is InChI=1S/C14H13BrCl2N2S/c1-2-6-20-8-11-18-13(16)12(14(17)19-11)9-4-3-5-10(15)7-9/h3-5,7H,2,6,8H2,1H3. The van der Waals surface area contributed by atoms with E-state index < -0.39 is 0 Å². The second-order valence-corrected chi connectivity index (χ2v) is 6.90. The molecule has 0 bridgehead atoms. The van der Waals surface area contributed by atoms with Crippen molar-refractivity contribution < 1.29 is 0 Å². The minimum atomic E-state index is 0.398. The van der Waals surface area contributed by atoms with Crippen LogP contribution in [0.2, 0.25) is 10.3 Å². The second-order valence-electron chi connectivity index (χ2n) is 4.16. The van der Waals surface area contributed by atoms with E-state index in [1.807, 2.05) is 24.3 Å². The molecule has 1 aromatic heterocycles. The molecular formula is C14H13BrCl2N2S. The van der Waals surface area contributed by atoms with E-state index in [2.05, 4.69) is 32.8 Å². The van der Waals surface area contributed by atoms with Crippen molar-refractivity contribution >= 4 is 50.9 Å². The lowest BCUT2D eigenvalue weighted by atomic mass is 10.1. The molecule has 2 aromatic rings. The van der Waals surface area contributed by atoms with Crippen molar-refractivity contribution in [2.75, 3.05) is 5.75 Å². The zero-order valence-electron chi connectivity index (χ0n) is 10.9. The highest BCUT2D eigenvalue weighted by Gasteiger charge is 2.13. The van der Waals surface area contributed by atoms with Crippen LogP contribution in [0.4, 0.5) is 0 Å². The number of thioether (sulfide) groups is 1. The zero-order valence-corrected chi connectivity index (χ0v) is 14.8. The van der Waals surface area contributed by atoms with E-state index in [1.165, 1.54) is 0 Å². The minimum Gasteiger partial charge on any atom is -0.220 e. The molecule has 0 aliphatic carbocycles. The van der Waals surface area contributed by atoms with E-state index in [0.29, 0.717) is 21.7 Å². The Morgan fingerprint density at radius 2 is 1.90 bits per heavy atom. The summed E-state index contributed by atoms with van der Waals surface area (Å²) in [7, 11) is 0. The fourth-order valence-electron chi connectivity index (χ4n) is 1.70. The summed E-state index contributed by atoms with van der Waals surface area (Å²) in [6.45, 7) is 2.14. The first-order chi connectivity index (χ1) is 9.61. The molecule has 0 aliphatic rings. The molecule has 0 saturated carbocycles. The molecular weight excluding hydrogens is 379 g/mol. The first kappa shape index (κ1) is 16.1. The normalized spacial score (nSPS) is 10.8. The average molecular weight is 392 g/mol. The number of benzene rings is 1. The van der Waals surface area contributed by atoms with Gasteiger partial charge in [-0.2, -0.15) is 11.8 Å². The molecule has 6 heteroatoms. The molecule has 2 rings (SSSR count). The summed E-state index contributed by atoms with van der Waals surface area (Å²) in [5, 5.41) is 0.797. The smallest absolute Gasteiger partial charge is 0.142 e. The first-order valence-corrected chi connectivity index (χ1v) is 8.87. The summed E-state index contributed by atoms with van der Waals surface area (Å²) in [6.07, 6.45) is 1.13. The SMILES string of the molecule is CCCSCc1nc(Cl)c(-c2cccc(Br)c2)c(Cl)n1. The van der Waals surface area contributed by atoms with Crippen molar-refractivity contribution in [3.05, 3.63) is 44.9 Å². The van der Waals surface area contributed by atoms with Crippen LogP contribution in [0.5, 0.6) is 0 Å². The molecule has 0 unspecified atom stereocenters. The largest absolute Gasteiger partial charge is 0.220 e. The van der Waals surface area contributed by atoms with Crippen LogP contribution in [0.25, 0.3) is 11.1 Å². The van der Waals surface area contributed by atoms with E-state index in [9.17, 15) is 0 Å². The van der Waals surface area contributed by atoms with Gasteiger partial charge in [-0.1, -0.05) is 58.2 Å². The molecule has 0 amide bonds. The van der Waals surface area contributed by atoms with Crippen LogP contribution < -0.4 is 0 Å². The highest BCUT2D eigenvalue weighted by molar-refractivity contribution is 9.10. The third kappa shape index (κ3) is 4.10. The van der Waals surface area contributed by atoms with Crippen molar-refractivity contribution in [2.45, 2.75) is 19.1 Å². The number of hydrogen-bond acceptors (Lipinski definition) is 3. The number of halogens is 3. The predicted octanol–water partition coefficient (Wildman–Crippen LogP) is 5.86. The van der Waals surface area contributed by atoms with Crippen molar-refractivity contribution in [2.24, 2.45) is 0 Å². The third-order valence-electron chi connectivity index (χ3n) is 2.56. The van der Waals surface area contributed by atoms with Crippen LogP contribution in [0.1, 0.15) is 19.2 Å². The maximum atomic E-state index is 6.27. The summed E-state index contributed by atoms with van der Waals surface area (Å²) in [6, 6.07) is 7.76. The number of nitrogens with zero attached hydrogens (tertiary/aromatic N) is 2. The molecule has 0 N–H and O–H groups in total. The molecule has 20 heavy (non-hydrogen) atoms. The van der Waals surface area contributed by atoms with Gasteiger partial charge in [-0.15, -0.1) is 0 Å². The molecule has 0 fully saturated rings. The van der Waals surface area contributed by atoms with Gasteiger partial charge in [-0.05, 0) is 29.9 Å². The van der Waals surface area contributed by atoms with Gasteiger partial charge < -0.3 is 0 Å². The van der Waals surface area contributed by atoms with Crippen LogP contribution in [-0.4, -0.2) is 15.7 Å². The molecule has 2 nitrogen and oxygen atoms in total. The Hall–Kier alpha value is -0.290. The lowest BCUT2D eigenvalue weighted by molar-refractivity contribution is 1.03. The van der Waals surface area contributed by atoms with Crippen LogP contribution in [0.3, 0.4) is 0 Å². The molecule has 0 atom stereocenters. The van der Waals surface area contributed by atoms with Crippen molar-refractivity contribution in [1.82, 2.24) is 9.97 Å². The molecule has 1 aromatic carbocycles. The summed E-state index contributed by atoms with van der Waals surface area (Å²) in [4.78, 5) is 8.69. The third-order valence-corrected chi connectivity index (χ3v) is 4.76. The Labute approximate surface area is 141 Å². The minimum absolute atomic E-state index is 0.398. The van der Waals surface area contributed by atoms with Gasteiger partial charge >= 0.3 is 0 Å². The lowest BCUT2D eigenvalue weighted by Crippen LogP contribution is -1.97. The van der Waals surface area contributed by atoms with E-state index in [4.69, 9.17) is 23.2 Å². The topological polar surface area (TPSA) is 25.8 Å². The van der Waals surface area contributed by atoms with Crippen molar-refractivity contribution in [3.8, 4) is 11.1 Å². The Kier molecular flexibility index (Phi) is 6.15. The number of hydrogen-bond donors (Lipinski definition) is 0. The van der Waals surface area contributed by atoms with Crippen LogP contribution >= 0.6 is 50.9 Å². The maximum absolute atomic E-state index is 6.27. The Morgan fingerprint density at radius 1 is 1.20 bits per heavy atom. The van der Waals surface area contributed by atoms with Gasteiger partial charge in [0.15, 0.2) is 0 Å².